The number of rotatable bonds is 8. The number of aromatic nitrogens is 2. The van der Waals surface area contributed by atoms with E-state index in [-0.39, 0.29) is 5.69 Å². The van der Waals surface area contributed by atoms with Crippen molar-refractivity contribution >= 4 is 17.6 Å². The van der Waals surface area contributed by atoms with Gasteiger partial charge in [0, 0.05) is 19.2 Å². The van der Waals surface area contributed by atoms with Crippen LogP contribution in [0.5, 0.6) is 5.75 Å². The SMILES string of the molecule is COCCOc1ccc(-c2cc(C(=O)O)nn2CC(C)C)cc1Cl. The second-order valence-corrected chi connectivity index (χ2v) is 6.19. The molecule has 0 amide bonds. The lowest BCUT2D eigenvalue weighted by atomic mass is 10.1. The van der Waals surface area contributed by atoms with Gasteiger partial charge < -0.3 is 14.6 Å². The van der Waals surface area contributed by atoms with Crippen LogP contribution >= 0.6 is 11.6 Å². The third-order valence-electron chi connectivity index (χ3n) is 3.31. The van der Waals surface area contributed by atoms with Crippen molar-refractivity contribution in [2.24, 2.45) is 5.92 Å². The van der Waals surface area contributed by atoms with Gasteiger partial charge in [-0.05, 0) is 30.2 Å². The van der Waals surface area contributed by atoms with E-state index in [1.54, 1.807) is 30.0 Å². The van der Waals surface area contributed by atoms with Gasteiger partial charge in [0.25, 0.3) is 0 Å². The third kappa shape index (κ3) is 4.49. The molecule has 6 nitrogen and oxygen atoms in total. The Morgan fingerprint density at radius 3 is 2.67 bits per heavy atom. The molecule has 0 saturated heterocycles. The van der Waals surface area contributed by atoms with E-state index in [0.717, 1.165) is 5.56 Å². The molecule has 0 aliphatic carbocycles. The first-order valence-electron chi connectivity index (χ1n) is 7.65. The smallest absolute Gasteiger partial charge is 0.356 e. The number of ether oxygens (including phenoxy) is 2. The van der Waals surface area contributed by atoms with E-state index in [2.05, 4.69) is 5.10 Å². The molecule has 0 atom stereocenters. The van der Waals surface area contributed by atoms with Crippen LogP contribution in [0.2, 0.25) is 5.02 Å². The van der Waals surface area contributed by atoms with Crippen LogP contribution in [0.4, 0.5) is 0 Å². The number of benzene rings is 1. The number of carboxylic acids is 1. The van der Waals surface area contributed by atoms with E-state index >= 15 is 0 Å². The summed E-state index contributed by atoms with van der Waals surface area (Å²) >= 11 is 6.27. The number of nitrogens with zero attached hydrogens (tertiary/aromatic N) is 2. The largest absolute Gasteiger partial charge is 0.490 e. The van der Waals surface area contributed by atoms with Gasteiger partial charge in [0.05, 0.1) is 17.3 Å². The number of carbonyl (C=O) groups is 1. The van der Waals surface area contributed by atoms with Crippen LogP contribution in [0, 0.1) is 5.92 Å². The highest BCUT2D eigenvalue weighted by Gasteiger charge is 2.16. The van der Waals surface area contributed by atoms with Crippen molar-refractivity contribution in [2.75, 3.05) is 20.3 Å². The zero-order chi connectivity index (χ0) is 17.7. The first kappa shape index (κ1) is 18.3. The number of aromatic carboxylic acids is 1. The van der Waals surface area contributed by atoms with Gasteiger partial charge in [-0.2, -0.15) is 5.10 Å². The highest BCUT2D eigenvalue weighted by molar-refractivity contribution is 6.32. The van der Waals surface area contributed by atoms with E-state index < -0.39 is 5.97 Å². The molecule has 1 aromatic carbocycles. The Labute approximate surface area is 146 Å². The van der Waals surface area contributed by atoms with Crippen molar-refractivity contribution < 1.29 is 19.4 Å². The first-order chi connectivity index (χ1) is 11.4. The first-order valence-corrected chi connectivity index (χ1v) is 8.03. The number of hydrogen-bond donors (Lipinski definition) is 1. The molecule has 0 bridgehead atoms. The van der Waals surface area contributed by atoms with Crippen LogP contribution in [0.25, 0.3) is 11.3 Å². The second-order valence-electron chi connectivity index (χ2n) is 5.78. The predicted octanol–water partition coefficient (Wildman–Crippen LogP) is 3.58. The highest BCUT2D eigenvalue weighted by Crippen LogP contribution is 2.31. The minimum atomic E-state index is -1.05. The Kier molecular flexibility index (Phi) is 6.23. The highest BCUT2D eigenvalue weighted by atomic mass is 35.5. The second kappa shape index (κ2) is 8.17. The lowest BCUT2D eigenvalue weighted by Gasteiger charge is -2.12. The zero-order valence-electron chi connectivity index (χ0n) is 14.0. The lowest BCUT2D eigenvalue weighted by molar-refractivity contribution is 0.0689. The summed E-state index contributed by atoms with van der Waals surface area (Å²) in [5, 5.41) is 13.8. The molecule has 0 spiro atoms. The van der Waals surface area contributed by atoms with E-state index in [0.29, 0.717) is 42.1 Å². The van der Waals surface area contributed by atoms with Crippen molar-refractivity contribution in [3.8, 4) is 17.0 Å². The van der Waals surface area contributed by atoms with Crippen LogP contribution in [0.1, 0.15) is 24.3 Å². The van der Waals surface area contributed by atoms with Crippen molar-refractivity contribution in [3.63, 3.8) is 0 Å². The molecule has 1 N–H and O–H groups in total. The van der Waals surface area contributed by atoms with E-state index in [1.165, 1.54) is 0 Å². The quantitative estimate of drug-likeness (QED) is 0.735. The molecule has 0 aliphatic rings. The Morgan fingerprint density at radius 1 is 1.33 bits per heavy atom. The van der Waals surface area contributed by atoms with Crippen molar-refractivity contribution in [3.05, 3.63) is 35.0 Å². The maximum Gasteiger partial charge on any atom is 0.356 e. The zero-order valence-corrected chi connectivity index (χ0v) is 14.7. The number of carboxylic acid groups (broad SMARTS) is 1. The summed E-state index contributed by atoms with van der Waals surface area (Å²) in [6.07, 6.45) is 0. The average molecular weight is 353 g/mol. The van der Waals surface area contributed by atoms with Crippen molar-refractivity contribution in [1.82, 2.24) is 9.78 Å². The van der Waals surface area contributed by atoms with Gasteiger partial charge >= 0.3 is 5.97 Å². The topological polar surface area (TPSA) is 73.6 Å². The van der Waals surface area contributed by atoms with E-state index in [1.807, 2.05) is 19.9 Å². The molecule has 2 rings (SSSR count). The lowest BCUT2D eigenvalue weighted by Crippen LogP contribution is -2.09. The van der Waals surface area contributed by atoms with Crippen molar-refractivity contribution in [2.45, 2.75) is 20.4 Å². The molecule has 24 heavy (non-hydrogen) atoms. The summed E-state index contributed by atoms with van der Waals surface area (Å²) < 4.78 is 12.2. The summed E-state index contributed by atoms with van der Waals surface area (Å²) in [6, 6.07) is 6.92. The van der Waals surface area contributed by atoms with Gasteiger partial charge in [0.1, 0.15) is 12.4 Å². The van der Waals surface area contributed by atoms with Crippen LogP contribution < -0.4 is 4.74 Å². The molecule has 0 saturated carbocycles. The van der Waals surface area contributed by atoms with Crippen LogP contribution in [0.15, 0.2) is 24.3 Å². The number of hydrogen-bond acceptors (Lipinski definition) is 4. The minimum absolute atomic E-state index is 0.0159. The summed E-state index contributed by atoms with van der Waals surface area (Å²) in [5.41, 5.74) is 1.52. The number of methoxy groups -OCH3 is 1. The number of halogens is 1. The molecule has 0 unspecified atom stereocenters. The van der Waals surface area contributed by atoms with Gasteiger partial charge in [0.15, 0.2) is 5.69 Å². The van der Waals surface area contributed by atoms with Gasteiger partial charge in [-0.25, -0.2) is 4.79 Å². The molecule has 0 radical (unpaired) electrons. The van der Waals surface area contributed by atoms with E-state index in [4.69, 9.17) is 21.1 Å². The fourth-order valence-corrected chi connectivity index (χ4v) is 2.49. The molecule has 7 heteroatoms. The Morgan fingerprint density at radius 2 is 2.08 bits per heavy atom. The Bertz CT molecular complexity index is 713. The summed E-state index contributed by atoms with van der Waals surface area (Å²) in [7, 11) is 1.60. The maximum absolute atomic E-state index is 11.2. The third-order valence-corrected chi connectivity index (χ3v) is 3.61. The molecular weight excluding hydrogens is 332 g/mol. The van der Waals surface area contributed by atoms with Gasteiger partial charge in [-0.1, -0.05) is 25.4 Å². The van der Waals surface area contributed by atoms with Crippen molar-refractivity contribution in [1.29, 1.82) is 0 Å². The standard InChI is InChI=1S/C17H21ClN2O4/c1-11(2)10-20-15(9-14(19-20)17(21)22)12-4-5-16(13(18)8-12)24-7-6-23-3/h4-5,8-9,11H,6-7,10H2,1-3H3,(H,21,22). The molecular formula is C17H21ClN2O4. The molecule has 1 heterocycles. The average Bonchev–Trinajstić information content (AvgIpc) is 2.92. The molecule has 1 aromatic heterocycles. The Balaban J connectivity index is 2.33. The molecule has 130 valence electrons. The van der Waals surface area contributed by atoms with E-state index in [9.17, 15) is 9.90 Å². The predicted molar refractivity (Wildman–Crippen MR) is 91.8 cm³/mol. The Hall–Kier alpha value is -2.05. The molecule has 0 aliphatic heterocycles. The minimum Gasteiger partial charge on any atom is -0.490 e. The summed E-state index contributed by atoms with van der Waals surface area (Å²) in [5.74, 6) is -0.160. The maximum atomic E-state index is 11.2. The van der Waals surface area contributed by atoms with Gasteiger partial charge in [-0.15, -0.1) is 0 Å². The van der Waals surface area contributed by atoms with Crippen LogP contribution in [0.3, 0.4) is 0 Å². The van der Waals surface area contributed by atoms with Gasteiger partial charge in [0.2, 0.25) is 0 Å². The summed E-state index contributed by atoms with van der Waals surface area (Å²) in [6.45, 7) is 5.59. The normalized spacial score (nSPS) is 11.0. The summed E-state index contributed by atoms with van der Waals surface area (Å²) in [4.78, 5) is 11.2. The monoisotopic (exact) mass is 352 g/mol. The molecule has 0 fully saturated rings. The van der Waals surface area contributed by atoms with Crippen LogP contribution in [-0.2, 0) is 11.3 Å². The van der Waals surface area contributed by atoms with Crippen LogP contribution in [-0.4, -0.2) is 41.2 Å². The fraction of sp³-hybridized carbons (Fsp3) is 0.412. The molecule has 2 aromatic rings. The fourth-order valence-electron chi connectivity index (χ4n) is 2.25. The van der Waals surface area contributed by atoms with Gasteiger partial charge in [-0.3, -0.25) is 4.68 Å².